The van der Waals surface area contributed by atoms with Gasteiger partial charge in [-0.2, -0.15) is 0 Å². The molecule has 0 radical (unpaired) electrons. The van der Waals surface area contributed by atoms with Crippen molar-refractivity contribution in [2.45, 2.75) is 44.1 Å². The SMILES string of the molecule is CN(C)C12C[C@@H]3CC(C[C@@H](C3)C1)C2Cc1ccc(-c2ccccc2Br)cc1. The summed E-state index contributed by atoms with van der Waals surface area (Å²) in [6.45, 7) is 0. The zero-order chi connectivity index (χ0) is 18.6. The fourth-order valence-electron chi connectivity index (χ4n) is 6.93. The molecule has 4 fully saturated rings. The number of benzene rings is 2. The Hall–Kier alpha value is -1.12. The first kappa shape index (κ1) is 17.9. The number of nitrogens with zero attached hydrogens (tertiary/aromatic N) is 1. The summed E-state index contributed by atoms with van der Waals surface area (Å²) in [4.78, 5) is 2.61. The molecule has 4 saturated carbocycles. The van der Waals surface area contributed by atoms with Gasteiger partial charge in [-0.1, -0.05) is 58.4 Å². The fraction of sp³-hybridized carbons (Fsp3) is 0.520. The lowest BCUT2D eigenvalue weighted by Crippen LogP contribution is -2.64. The Kier molecular flexibility index (Phi) is 4.48. The molecule has 4 bridgehead atoms. The molecule has 2 aromatic rings. The quantitative estimate of drug-likeness (QED) is 0.548. The molecule has 0 saturated heterocycles. The second-order valence-electron chi connectivity index (χ2n) is 9.59. The largest absolute Gasteiger partial charge is 0.303 e. The summed E-state index contributed by atoms with van der Waals surface area (Å²) < 4.78 is 1.17. The maximum absolute atomic E-state index is 3.69. The summed E-state index contributed by atoms with van der Waals surface area (Å²) in [5.41, 5.74) is 4.56. The lowest BCUT2D eigenvalue weighted by molar-refractivity contribution is -0.120. The lowest BCUT2D eigenvalue weighted by Gasteiger charge is -2.64. The minimum absolute atomic E-state index is 0.454. The van der Waals surface area contributed by atoms with Gasteiger partial charge in [0.25, 0.3) is 0 Å². The normalized spacial score (nSPS) is 34.4. The Morgan fingerprint density at radius 2 is 1.59 bits per heavy atom. The van der Waals surface area contributed by atoms with Gasteiger partial charge >= 0.3 is 0 Å². The molecule has 0 N–H and O–H groups in total. The van der Waals surface area contributed by atoms with Crippen molar-refractivity contribution < 1.29 is 0 Å². The van der Waals surface area contributed by atoms with Crippen LogP contribution in [0.15, 0.2) is 53.0 Å². The van der Waals surface area contributed by atoms with Crippen LogP contribution >= 0.6 is 15.9 Å². The average molecular weight is 424 g/mol. The van der Waals surface area contributed by atoms with Crippen molar-refractivity contribution in [1.29, 1.82) is 0 Å². The summed E-state index contributed by atoms with van der Waals surface area (Å²) in [6.07, 6.45) is 8.62. The van der Waals surface area contributed by atoms with E-state index >= 15 is 0 Å². The van der Waals surface area contributed by atoms with Crippen LogP contribution in [0.1, 0.15) is 37.7 Å². The first-order valence-corrected chi connectivity index (χ1v) is 11.4. The van der Waals surface area contributed by atoms with Crippen LogP contribution in [0.5, 0.6) is 0 Å². The molecule has 0 spiro atoms. The predicted octanol–water partition coefficient (Wildman–Crippen LogP) is 6.42. The summed E-state index contributed by atoms with van der Waals surface area (Å²) in [6, 6.07) is 17.9. The average Bonchev–Trinajstić information content (AvgIpc) is 2.65. The number of rotatable bonds is 4. The van der Waals surface area contributed by atoms with Crippen LogP contribution in [0.4, 0.5) is 0 Å². The highest BCUT2D eigenvalue weighted by atomic mass is 79.9. The summed E-state index contributed by atoms with van der Waals surface area (Å²) >= 11 is 3.69. The van der Waals surface area contributed by atoms with Crippen molar-refractivity contribution in [1.82, 2.24) is 4.90 Å². The minimum atomic E-state index is 0.454. The van der Waals surface area contributed by atoms with E-state index in [1.54, 1.807) is 0 Å². The van der Waals surface area contributed by atoms with Crippen molar-refractivity contribution >= 4 is 15.9 Å². The maximum Gasteiger partial charge on any atom is 0.0253 e. The van der Waals surface area contributed by atoms with Gasteiger partial charge in [-0.15, -0.1) is 0 Å². The molecule has 142 valence electrons. The molecule has 2 aromatic carbocycles. The number of hydrogen-bond donors (Lipinski definition) is 0. The number of hydrogen-bond acceptors (Lipinski definition) is 1. The van der Waals surface area contributed by atoms with E-state index in [0.29, 0.717) is 5.54 Å². The molecule has 4 aliphatic carbocycles. The molecule has 0 aliphatic heterocycles. The van der Waals surface area contributed by atoms with E-state index in [1.807, 2.05) is 0 Å². The third-order valence-corrected chi connectivity index (χ3v) is 8.66. The molecule has 27 heavy (non-hydrogen) atoms. The van der Waals surface area contributed by atoms with Crippen LogP contribution in [-0.2, 0) is 6.42 Å². The van der Waals surface area contributed by atoms with Gasteiger partial charge in [0.1, 0.15) is 0 Å². The van der Waals surface area contributed by atoms with Gasteiger partial charge in [-0.05, 0) is 99.0 Å². The van der Waals surface area contributed by atoms with Crippen LogP contribution in [0, 0.1) is 23.7 Å². The minimum Gasteiger partial charge on any atom is -0.303 e. The van der Waals surface area contributed by atoms with Gasteiger partial charge in [0.05, 0.1) is 0 Å². The van der Waals surface area contributed by atoms with Crippen LogP contribution in [0.3, 0.4) is 0 Å². The standard InChI is InChI=1S/C25H30BrN/c1-27(2)25-15-18-11-19(16-25)13-21(12-18)23(25)14-17-7-9-20(10-8-17)22-5-3-4-6-24(22)26/h3-10,18-19,21,23H,11-16H2,1-2H3/t18-,19+,21?,23?,25?. The second-order valence-corrected chi connectivity index (χ2v) is 10.4. The molecule has 0 heterocycles. The predicted molar refractivity (Wildman–Crippen MR) is 117 cm³/mol. The van der Waals surface area contributed by atoms with Crippen molar-refractivity contribution in [2.75, 3.05) is 14.1 Å². The Balaban J connectivity index is 1.41. The molecular weight excluding hydrogens is 394 g/mol. The first-order valence-electron chi connectivity index (χ1n) is 10.6. The highest BCUT2D eigenvalue weighted by Crippen LogP contribution is 2.60. The van der Waals surface area contributed by atoms with Crippen LogP contribution in [0.25, 0.3) is 11.1 Å². The molecule has 2 heteroatoms. The van der Waals surface area contributed by atoms with Crippen molar-refractivity contribution in [3.05, 3.63) is 58.6 Å². The molecule has 4 aliphatic rings. The molecule has 5 atom stereocenters. The zero-order valence-electron chi connectivity index (χ0n) is 16.5. The van der Waals surface area contributed by atoms with E-state index in [1.165, 1.54) is 59.7 Å². The molecular formula is C25H30BrN. The molecule has 1 nitrogen and oxygen atoms in total. The van der Waals surface area contributed by atoms with Gasteiger partial charge in [-0.25, -0.2) is 0 Å². The van der Waals surface area contributed by atoms with Crippen LogP contribution in [0.2, 0.25) is 0 Å². The molecule has 3 unspecified atom stereocenters. The maximum atomic E-state index is 3.69. The lowest BCUT2D eigenvalue weighted by atomic mass is 9.47. The Morgan fingerprint density at radius 3 is 2.22 bits per heavy atom. The van der Waals surface area contributed by atoms with E-state index in [2.05, 4.69) is 83.5 Å². The highest BCUT2D eigenvalue weighted by molar-refractivity contribution is 9.10. The third kappa shape index (κ3) is 3.00. The summed E-state index contributed by atoms with van der Waals surface area (Å²) in [7, 11) is 4.69. The topological polar surface area (TPSA) is 3.24 Å². The summed E-state index contributed by atoms with van der Waals surface area (Å²) in [5, 5.41) is 0. The van der Waals surface area contributed by atoms with Gasteiger partial charge in [0.15, 0.2) is 0 Å². The van der Waals surface area contributed by atoms with Gasteiger partial charge in [-0.3, -0.25) is 0 Å². The van der Waals surface area contributed by atoms with Crippen molar-refractivity contribution in [2.24, 2.45) is 23.7 Å². The monoisotopic (exact) mass is 423 g/mol. The number of halogens is 1. The van der Waals surface area contributed by atoms with E-state index < -0.39 is 0 Å². The zero-order valence-corrected chi connectivity index (χ0v) is 18.1. The van der Waals surface area contributed by atoms with E-state index in [0.717, 1.165) is 23.7 Å². The highest BCUT2D eigenvalue weighted by Gasteiger charge is 2.57. The van der Waals surface area contributed by atoms with E-state index in [4.69, 9.17) is 0 Å². The van der Waals surface area contributed by atoms with Crippen LogP contribution < -0.4 is 0 Å². The molecule has 0 amide bonds. The Bertz CT molecular complexity index is 810. The van der Waals surface area contributed by atoms with E-state index in [9.17, 15) is 0 Å². The third-order valence-electron chi connectivity index (χ3n) is 7.97. The van der Waals surface area contributed by atoms with Gasteiger partial charge < -0.3 is 4.90 Å². The Morgan fingerprint density at radius 1 is 0.926 bits per heavy atom. The van der Waals surface area contributed by atoms with Crippen molar-refractivity contribution in [3.63, 3.8) is 0 Å². The van der Waals surface area contributed by atoms with E-state index in [-0.39, 0.29) is 0 Å². The molecule has 0 aromatic heterocycles. The van der Waals surface area contributed by atoms with Gasteiger partial charge in [0, 0.05) is 10.0 Å². The fourth-order valence-corrected chi connectivity index (χ4v) is 7.44. The smallest absolute Gasteiger partial charge is 0.0253 e. The van der Waals surface area contributed by atoms with Crippen molar-refractivity contribution in [3.8, 4) is 11.1 Å². The van der Waals surface area contributed by atoms with Gasteiger partial charge in [0.2, 0.25) is 0 Å². The Labute approximate surface area is 172 Å². The first-order chi connectivity index (χ1) is 13.0. The molecule has 6 rings (SSSR count). The summed E-state index contributed by atoms with van der Waals surface area (Å²) in [5.74, 6) is 3.77. The second kappa shape index (κ2) is 6.74. The van der Waals surface area contributed by atoms with Crippen LogP contribution in [-0.4, -0.2) is 24.5 Å².